The molecule has 0 atom stereocenters. The summed E-state index contributed by atoms with van der Waals surface area (Å²) < 4.78 is 0. The van der Waals surface area contributed by atoms with Gasteiger partial charge in [-0.05, 0) is 19.4 Å². The topological polar surface area (TPSA) is 99.7 Å². The number of oxime groups is 1. The summed E-state index contributed by atoms with van der Waals surface area (Å²) in [6.07, 6.45) is 1.66. The van der Waals surface area contributed by atoms with Crippen molar-refractivity contribution in [2.75, 3.05) is 20.1 Å². The van der Waals surface area contributed by atoms with Gasteiger partial charge < -0.3 is 21.6 Å². The highest BCUT2D eigenvalue weighted by Gasteiger charge is 2.22. The highest BCUT2D eigenvalue weighted by molar-refractivity contribution is 5.85. The van der Waals surface area contributed by atoms with E-state index >= 15 is 0 Å². The van der Waals surface area contributed by atoms with Crippen molar-refractivity contribution >= 4 is 11.7 Å². The molecule has 0 heterocycles. The Morgan fingerprint density at radius 2 is 2.12 bits per heavy atom. The van der Waals surface area contributed by atoms with Gasteiger partial charge >= 0.3 is 0 Å². The fraction of sp³-hybridized carbons (Fsp3) is 0.800. The molecular formula is C10H22N4O2. The number of likely N-dealkylation sites (N-methyl/N-ethyl adjacent to an activating group) is 1. The third-order valence-electron chi connectivity index (χ3n) is 2.52. The van der Waals surface area contributed by atoms with Gasteiger partial charge in [-0.15, -0.1) is 0 Å². The maximum absolute atomic E-state index is 10.9. The van der Waals surface area contributed by atoms with E-state index in [1.54, 1.807) is 7.05 Å². The van der Waals surface area contributed by atoms with E-state index < -0.39 is 0 Å². The number of hydrogen-bond acceptors (Lipinski definition) is 4. The van der Waals surface area contributed by atoms with Crippen LogP contribution in [-0.2, 0) is 4.79 Å². The average Bonchev–Trinajstić information content (AvgIpc) is 2.26. The van der Waals surface area contributed by atoms with Gasteiger partial charge in [0, 0.05) is 12.5 Å². The standard InChI is InChI=1S/C10H22N4O2/c1-10(2,9(11)14-16)5-4-6-13-7-8(15)12-3/h13,16H,4-7H2,1-3H3,(H2,11,14)(H,12,15). The number of carbonyl (C=O) groups is 1. The molecule has 0 aliphatic carbocycles. The van der Waals surface area contributed by atoms with Crippen LogP contribution in [0.5, 0.6) is 0 Å². The van der Waals surface area contributed by atoms with E-state index in [0.29, 0.717) is 6.54 Å². The zero-order valence-corrected chi connectivity index (χ0v) is 10.2. The fourth-order valence-electron chi connectivity index (χ4n) is 1.21. The predicted octanol–water partition coefficient (Wildman–Crippen LogP) is -0.125. The van der Waals surface area contributed by atoms with Crippen LogP contribution in [0.2, 0.25) is 0 Å². The minimum absolute atomic E-state index is 0.0318. The van der Waals surface area contributed by atoms with E-state index in [1.807, 2.05) is 13.8 Å². The summed E-state index contributed by atoms with van der Waals surface area (Å²) in [6, 6.07) is 0. The Morgan fingerprint density at radius 1 is 1.50 bits per heavy atom. The van der Waals surface area contributed by atoms with Crippen molar-refractivity contribution < 1.29 is 10.0 Å². The zero-order valence-electron chi connectivity index (χ0n) is 10.2. The first kappa shape index (κ1) is 14.7. The van der Waals surface area contributed by atoms with Gasteiger partial charge in [-0.25, -0.2) is 0 Å². The van der Waals surface area contributed by atoms with Crippen molar-refractivity contribution in [1.82, 2.24) is 10.6 Å². The minimum Gasteiger partial charge on any atom is -0.409 e. The van der Waals surface area contributed by atoms with Gasteiger partial charge in [0.15, 0.2) is 0 Å². The number of nitrogens with zero attached hydrogens (tertiary/aromatic N) is 1. The van der Waals surface area contributed by atoms with Crippen LogP contribution in [0, 0.1) is 5.41 Å². The Kier molecular flexibility index (Phi) is 6.48. The molecule has 0 unspecified atom stereocenters. The van der Waals surface area contributed by atoms with Crippen LogP contribution in [0.3, 0.4) is 0 Å². The molecule has 1 amide bonds. The molecule has 16 heavy (non-hydrogen) atoms. The van der Waals surface area contributed by atoms with E-state index in [0.717, 1.165) is 19.4 Å². The van der Waals surface area contributed by atoms with Gasteiger partial charge in [0.1, 0.15) is 5.84 Å². The Labute approximate surface area is 96.3 Å². The Balaban J connectivity index is 3.70. The molecule has 0 aliphatic rings. The van der Waals surface area contributed by atoms with E-state index in [1.165, 1.54) is 0 Å². The molecule has 0 fully saturated rings. The molecule has 0 aromatic heterocycles. The summed E-state index contributed by atoms with van der Waals surface area (Å²) >= 11 is 0. The first-order valence-corrected chi connectivity index (χ1v) is 5.33. The van der Waals surface area contributed by atoms with E-state index in [-0.39, 0.29) is 17.2 Å². The molecule has 0 radical (unpaired) electrons. The van der Waals surface area contributed by atoms with Crippen LogP contribution in [0.25, 0.3) is 0 Å². The number of nitrogens with one attached hydrogen (secondary N) is 2. The largest absolute Gasteiger partial charge is 0.409 e. The van der Waals surface area contributed by atoms with Crippen molar-refractivity contribution in [2.45, 2.75) is 26.7 Å². The quantitative estimate of drug-likeness (QED) is 0.161. The van der Waals surface area contributed by atoms with Gasteiger partial charge in [-0.2, -0.15) is 0 Å². The molecule has 0 aromatic carbocycles. The summed E-state index contributed by atoms with van der Waals surface area (Å²) in [5.74, 6) is 0.203. The lowest BCUT2D eigenvalue weighted by Gasteiger charge is -2.22. The minimum atomic E-state index is -0.316. The lowest BCUT2D eigenvalue weighted by molar-refractivity contribution is -0.119. The van der Waals surface area contributed by atoms with E-state index in [4.69, 9.17) is 10.9 Å². The molecule has 0 aliphatic heterocycles. The normalized spacial score (nSPS) is 12.6. The molecule has 0 saturated heterocycles. The monoisotopic (exact) mass is 230 g/mol. The van der Waals surface area contributed by atoms with Crippen LogP contribution < -0.4 is 16.4 Å². The third kappa shape index (κ3) is 5.55. The smallest absolute Gasteiger partial charge is 0.233 e. The molecule has 0 saturated carbocycles. The molecule has 0 aromatic rings. The highest BCUT2D eigenvalue weighted by Crippen LogP contribution is 2.21. The second-order valence-corrected chi connectivity index (χ2v) is 4.32. The van der Waals surface area contributed by atoms with Crippen molar-refractivity contribution in [1.29, 1.82) is 0 Å². The molecule has 0 rings (SSSR count). The van der Waals surface area contributed by atoms with Crippen LogP contribution >= 0.6 is 0 Å². The number of hydrogen-bond donors (Lipinski definition) is 4. The second-order valence-electron chi connectivity index (χ2n) is 4.32. The number of nitrogens with two attached hydrogens (primary N) is 1. The first-order chi connectivity index (χ1) is 7.44. The summed E-state index contributed by atoms with van der Waals surface area (Å²) in [4.78, 5) is 10.9. The summed E-state index contributed by atoms with van der Waals surface area (Å²) in [7, 11) is 1.60. The predicted molar refractivity (Wildman–Crippen MR) is 63.4 cm³/mol. The summed E-state index contributed by atoms with van der Waals surface area (Å²) in [6.45, 7) is 4.89. The summed E-state index contributed by atoms with van der Waals surface area (Å²) in [5.41, 5.74) is 5.23. The molecule has 0 bridgehead atoms. The van der Waals surface area contributed by atoms with Gasteiger partial charge in [-0.1, -0.05) is 19.0 Å². The molecule has 6 heteroatoms. The third-order valence-corrected chi connectivity index (χ3v) is 2.52. The Bertz CT molecular complexity index is 251. The SMILES string of the molecule is CNC(=O)CNCCCC(C)(C)C(N)=NO. The molecule has 0 spiro atoms. The second kappa shape index (κ2) is 7.05. The van der Waals surface area contributed by atoms with Gasteiger partial charge in [0.05, 0.1) is 6.54 Å². The van der Waals surface area contributed by atoms with Crippen molar-refractivity contribution in [3.63, 3.8) is 0 Å². The average molecular weight is 230 g/mol. The first-order valence-electron chi connectivity index (χ1n) is 5.33. The lowest BCUT2D eigenvalue weighted by Crippen LogP contribution is -2.34. The highest BCUT2D eigenvalue weighted by atomic mass is 16.4. The van der Waals surface area contributed by atoms with Crippen LogP contribution in [0.15, 0.2) is 5.16 Å². The van der Waals surface area contributed by atoms with E-state index in [2.05, 4.69) is 15.8 Å². The fourth-order valence-corrected chi connectivity index (χ4v) is 1.21. The van der Waals surface area contributed by atoms with Crippen LogP contribution in [0.1, 0.15) is 26.7 Å². The van der Waals surface area contributed by atoms with Crippen molar-refractivity contribution in [2.24, 2.45) is 16.3 Å². The molecule has 5 N–H and O–H groups in total. The number of carbonyl (C=O) groups excluding carboxylic acids is 1. The van der Waals surface area contributed by atoms with Crippen molar-refractivity contribution in [3.05, 3.63) is 0 Å². The number of amidine groups is 1. The number of amides is 1. The molecule has 94 valence electrons. The Hall–Kier alpha value is -1.30. The van der Waals surface area contributed by atoms with Crippen LogP contribution in [-0.4, -0.2) is 37.1 Å². The van der Waals surface area contributed by atoms with Crippen molar-refractivity contribution in [3.8, 4) is 0 Å². The van der Waals surface area contributed by atoms with Gasteiger partial charge in [0.2, 0.25) is 5.91 Å². The summed E-state index contributed by atoms with van der Waals surface area (Å²) in [5, 5.41) is 17.1. The maximum atomic E-state index is 10.9. The molecule has 6 nitrogen and oxygen atoms in total. The van der Waals surface area contributed by atoms with E-state index in [9.17, 15) is 4.79 Å². The van der Waals surface area contributed by atoms with Gasteiger partial charge in [0.25, 0.3) is 0 Å². The maximum Gasteiger partial charge on any atom is 0.233 e. The van der Waals surface area contributed by atoms with Gasteiger partial charge in [-0.3, -0.25) is 4.79 Å². The van der Waals surface area contributed by atoms with Crippen LogP contribution in [0.4, 0.5) is 0 Å². The Morgan fingerprint density at radius 3 is 2.62 bits per heavy atom. The zero-order chi connectivity index (χ0) is 12.6. The number of rotatable bonds is 7. The lowest BCUT2D eigenvalue weighted by atomic mass is 9.86. The molecular weight excluding hydrogens is 208 g/mol.